The lowest BCUT2D eigenvalue weighted by Gasteiger charge is -2.33. The first-order valence-corrected chi connectivity index (χ1v) is 9.31. The molecule has 1 aliphatic heterocycles. The maximum atomic E-state index is 13.1. The number of aromatic nitrogens is 3. The standard InChI is InChI=1S/C20H16ClF3N4O/c1-12-18-15(28(11-26-18)16-7-2-3-9-25-16)8-10-27(12)19(29)13-5-4-6-14(17(13)21)20(22,23)24/h2-7,9,11-12H,8,10H2,1H3/t12-/m0/s1. The molecule has 0 bridgehead atoms. The van der Waals surface area contributed by atoms with Gasteiger partial charge in [-0.25, -0.2) is 9.97 Å². The number of benzene rings is 1. The van der Waals surface area contributed by atoms with Gasteiger partial charge in [-0.05, 0) is 31.2 Å². The zero-order chi connectivity index (χ0) is 20.8. The number of rotatable bonds is 2. The van der Waals surface area contributed by atoms with Crippen molar-refractivity contribution >= 4 is 17.5 Å². The number of amides is 1. The Morgan fingerprint density at radius 1 is 1.17 bits per heavy atom. The molecule has 1 aromatic carbocycles. The molecule has 4 rings (SSSR count). The van der Waals surface area contributed by atoms with E-state index in [1.165, 1.54) is 17.0 Å². The Labute approximate surface area is 169 Å². The van der Waals surface area contributed by atoms with E-state index >= 15 is 0 Å². The average Bonchev–Trinajstić information content (AvgIpc) is 3.13. The van der Waals surface area contributed by atoms with E-state index in [1.807, 2.05) is 22.8 Å². The molecule has 3 heterocycles. The third-order valence-electron chi connectivity index (χ3n) is 5.04. The number of imidazole rings is 1. The fourth-order valence-corrected chi connectivity index (χ4v) is 3.91. The van der Waals surface area contributed by atoms with Crippen molar-refractivity contribution in [3.63, 3.8) is 0 Å². The molecular weight excluding hydrogens is 405 g/mol. The molecule has 1 amide bonds. The van der Waals surface area contributed by atoms with Gasteiger partial charge in [0, 0.05) is 19.2 Å². The minimum absolute atomic E-state index is 0.166. The van der Waals surface area contributed by atoms with E-state index in [1.54, 1.807) is 19.4 Å². The summed E-state index contributed by atoms with van der Waals surface area (Å²) in [6.07, 6.45) is -0.803. The van der Waals surface area contributed by atoms with Crippen LogP contribution in [0.2, 0.25) is 5.02 Å². The van der Waals surface area contributed by atoms with E-state index in [2.05, 4.69) is 9.97 Å². The number of halogens is 4. The van der Waals surface area contributed by atoms with E-state index in [4.69, 9.17) is 11.6 Å². The van der Waals surface area contributed by atoms with Crippen LogP contribution in [0.5, 0.6) is 0 Å². The topological polar surface area (TPSA) is 51.0 Å². The molecule has 5 nitrogen and oxygen atoms in total. The third kappa shape index (κ3) is 3.37. The number of nitrogens with zero attached hydrogens (tertiary/aromatic N) is 4. The zero-order valence-electron chi connectivity index (χ0n) is 15.3. The van der Waals surface area contributed by atoms with Gasteiger partial charge in [0.1, 0.15) is 12.1 Å². The lowest BCUT2D eigenvalue weighted by Crippen LogP contribution is -2.39. The van der Waals surface area contributed by atoms with Crippen molar-refractivity contribution in [1.82, 2.24) is 19.4 Å². The van der Waals surface area contributed by atoms with Crippen molar-refractivity contribution in [1.29, 1.82) is 0 Å². The van der Waals surface area contributed by atoms with Gasteiger partial charge < -0.3 is 4.90 Å². The van der Waals surface area contributed by atoms with Gasteiger partial charge in [-0.15, -0.1) is 0 Å². The largest absolute Gasteiger partial charge is 0.417 e. The zero-order valence-corrected chi connectivity index (χ0v) is 16.1. The molecule has 1 atom stereocenters. The number of carbonyl (C=O) groups is 1. The Hall–Kier alpha value is -2.87. The fraction of sp³-hybridized carbons (Fsp3) is 0.250. The number of alkyl halides is 3. The molecule has 0 spiro atoms. The number of fused-ring (bicyclic) bond motifs is 1. The second-order valence-electron chi connectivity index (χ2n) is 6.72. The van der Waals surface area contributed by atoms with Crippen molar-refractivity contribution in [3.05, 3.63) is 76.5 Å². The van der Waals surface area contributed by atoms with Gasteiger partial charge in [-0.2, -0.15) is 13.2 Å². The average molecular weight is 421 g/mol. The molecular formula is C20H16ClF3N4O. The van der Waals surface area contributed by atoms with Crippen LogP contribution < -0.4 is 0 Å². The molecule has 1 aliphatic rings. The molecule has 29 heavy (non-hydrogen) atoms. The molecule has 0 unspecified atom stereocenters. The predicted molar refractivity (Wildman–Crippen MR) is 101 cm³/mol. The van der Waals surface area contributed by atoms with Crippen LogP contribution in [0.25, 0.3) is 5.82 Å². The van der Waals surface area contributed by atoms with Crippen LogP contribution in [-0.4, -0.2) is 31.9 Å². The molecule has 0 saturated carbocycles. The summed E-state index contributed by atoms with van der Waals surface area (Å²) in [6.45, 7) is 2.13. The lowest BCUT2D eigenvalue weighted by molar-refractivity contribution is -0.137. The Balaban J connectivity index is 1.66. The molecule has 0 fully saturated rings. The fourth-order valence-electron chi connectivity index (χ4n) is 3.59. The minimum atomic E-state index is -4.63. The van der Waals surface area contributed by atoms with Gasteiger partial charge in [0.05, 0.1) is 33.6 Å². The number of pyridine rings is 1. The first-order valence-electron chi connectivity index (χ1n) is 8.93. The van der Waals surface area contributed by atoms with Crippen molar-refractivity contribution in [3.8, 4) is 5.82 Å². The third-order valence-corrected chi connectivity index (χ3v) is 5.45. The molecule has 0 radical (unpaired) electrons. The minimum Gasteiger partial charge on any atom is -0.330 e. The highest BCUT2D eigenvalue weighted by atomic mass is 35.5. The van der Waals surface area contributed by atoms with Crippen LogP contribution in [0.15, 0.2) is 48.9 Å². The maximum Gasteiger partial charge on any atom is 0.417 e. The molecule has 9 heteroatoms. The van der Waals surface area contributed by atoms with Crippen LogP contribution in [0.1, 0.15) is 40.3 Å². The van der Waals surface area contributed by atoms with Crippen molar-refractivity contribution in [2.24, 2.45) is 0 Å². The van der Waals surface area contributed by atoms with Crippen LogP contribution in [0.3, 0.4) is 0 Å². The lowest BCUT2D eigenvalue weighted by atomic mass is 10.0. The van der Waals surface area contributed by atoms with E-state index in [9.17, 15) is 18.0 Å². The second kappa shape index (κ2) is 7.18. The van der Waals surface area contributed by atoms with Crippen LogP contribution in [0, 0.1) is 0 Å². The first-order chi connectivity index (χ1) is 13.8. The normalized spacial score (nSPS) is 16.6. The summed E-state index contributed by atoms with van der Waals surface area (Å²) in [4.78, 5) is 23.3. The number of hydrogen-bond acceptors (Lipinski definition) is 3. The van der Waals surface area contributed by atoms with Crippen molar-refractivity contribution < 1.29 is 18.0 Å². The Bertz CT molecular complexity index is 1070. The van der Waals surface area contributed by atoms with Gasteiger partial charge in [0.25, 0.3) is 5.91 Å². The predicted octanol–water partition coefficient (Wildman–Crippen LogP) is 4.70. The quantitative estimate of drug-likeness (QED) is 0.604. The van der Waals surface area contributed by atoms with Gasteiger partial charge >= 0.3 is 6.18 Å². The van der Waals surface area contributed by atoms with E-state index in [-0.39, 0.29) is 5.56 Å². The molecule has 3 aromatic rings. The Morgan fingerprint density at radius 2 is 1.97 bits per heavy atom. The molecule has 0 N–H and O–H groups in total. The van der Waals surface area contributed by atoms with E-state index < -0.39 is 28.7 Å². The monoisotopic (exact) mass is 420 g/mol. The first kappa shape index (κ1) is 19.4. The maximum absolute atomic E-state index is 13.1. The van der Waals surface area contributed by atoms with Gasteiger partial charge in [0.15, 0.2) is 0 Å². The number of hydrogen-bond donors (Lipinski definition) is 0. The molecule has 0 aliphatic carbocycles. The van der Waals surface area contributed by atoms with E-state index in [0.29, 0.717) is 24.5 Å². The van der Waals surface area contributed by atoms with Crippen LogP contribution >= 0.6 is 11.6 Å². The summed E-state index contributed by atoms with van der Waals surface area (Å²) in [6, 6.07) is 8.49. The molecule has 150 valence electrons. The van der Waals surface area contributed by atoms with Gasteiger partial charge in [-0.1, -0.05) is 23.7 Å². The summed E-state index contributed by atoms with van der Waals surface area (Å²) in [5.74, 6) is 0.167. The summed E-state index contributed by atoms with van der Waals surface area (Å²) >= 11 is 5.94. The van der Waals surface area contributed by atoms with Crippen molar-refractivity contribution in [2.45, 2.75) is 25.6 Å². The van der Waals surface area contributed by atoms with Gasteiger partial charge in [0.2, 0.25) is 0 Å². The highest BCUT2D eigenvalue weighted by molar-refractivity contribution is 6.34. The summed E-state index contributed by atoms with van der Waals surface area (Å²) in [5.41, 5.74) is 0.435. The molecule has 0 saturated heterocycles. The summed E-state index contributed by atoms with van der Waals surface area (Å²) < 4.78 is 41.3. The Kier molecular flexibility index (Phi) is 4.82. The second-order valence-corrected chi connectivity index (χ2v) is 7.10. The highest BCUT2D eigenvalue weighted by Crippen LogP contribution is 2.38. The van der Waals surface area contributed by atoms with Crippen molar-refractivity contribution in [2.75, 3.05) is 6.54 Å². The van der Waals surface area contributed by atoms with E-state index in [0.717, 1.165) is 11.8 Å². The summed E-state index contributed by atoms with van der Waals surface area (Å²) in [5, 5.41) is -0.581. The van der Waals surface area contributed by atoms with Crippen LogP contribution in [0.4, 0.5) is 13.2 Å². The SMILES string of the molecule is C[C@H]1c2ncn(-c3ccccn3)c2CCN1C(=O)c1cccc(C(F)(F)F)c1Cl. The van der Waals surface area contributed by atoms with Crippen LogP contribution in [-0.2, 0) is 12.6 Å². The van der Waals surface area contributed by atoms with Gasteiger partial charge in [-0.3, -0.25) is 9.36 Å². The smallest absolute Gasteiger partial charge is 0.330 e. The Morgan fingerprint density at radius 3 is 2.66 bits per heavy atom. The summed E-state index contributed by atoms with van der Waals surface area (Å²) in [7, 11) is 0. The number of carbonyl (C=O) groups excluding carboxylic acids is 1. The molecule has 2 aromatic heterocycles. The highest BCUT2D eigenvalue weighted by Gasteiger charge is 2.37.